The van der Waals surface area contributed by atoms with Gasteiger partial charge in [-0.25, -0.2) is 4.79 Å². The summed E-state index contributed by atoms with van der Waals surface area (Å²) >= 11 is 0. The Bertz CT molecular complexity index is 193. The molecule has 1 rings (SSSR count). The van der Waals surface area contributed by atoms with Crippen LogP contribution < -0.4 is 0 Å². The third-order valence-corrected chi connectivity index (χ3v) is 1.64. The lowest BCUT2D eigenvalue weighted by molar-refractivity contribution is -0.141. The molecule has 3 nitrogen and oxygen atoms in total. The maximum Gasteiger partial charge on any atom is 0.374 e. The highest BCUT2D eigenvalue weighted by Crippen LogP contribution is 2.21. The minimum absolute atomic E-state index is 0.123. The first-order chi connectivity index (χ1) is 4.66. The summed E-state index contributed by atoms with van der Waals surface area (Å²) in [6.45, 7) is 3.65. The summed E-state index contributed by atoms with van der Waals surface area (Å²) in [6.07, 6.45) is -0.123. The quantitative estimate of drug-likeness (QED) is 0.509. The average Bonchev–Trinajstić information content (AvgIpc) is 2.09. The lowest BCUT2D eigenvalue weighted by Crippen LogP contribution is -2.04. The van der Waals surface area contributed by atoms with E-state index in [4.69, 9.17) is 9.47 Å². The molecule has 0 saturated carbocycles. The molecular formula is C7H10O3. The van der Waals surface area contributed by atoms with Crippen molar-refractivity contribution in [2.24, 2.45) is 0 Å². The molecule has 1 unspecified atom stereocenters. The van der Waals surface area contributed by atoms with Gasteiger partial charge in [0, 0.05) is 5.57 Å². The summed E-state index contributed by atoms with van der Waals surface area (Å²) in [6, 6.07) is 0. The number of ether oxygens (including phenoxy) is 2. The second kappa shape index (κ2) is 2.33. The van der Waals surface area contributed by atoms with Crippen molar-refractivity contribution < 1.29 is 14.3 Å². The molecule has 0 N–H and O–H groups in total. The van der Waals surface area contributed by atoms with Crippen molar-refractivity contribution >= 4 is 5.97 Å². The number of cyclic esters (lactones) is 1. The van der Waals surface area contributed by atoms with E-state index in [9.17, 15) is 4.79 Å². The van der Waals surface area contributed by atoms with Gasteiger partial charge in [0.25, 0.3) is 0 Å². The van der Waals surface area contributed by atoms with Crippen molar-refractivity contribution in [3.8, 4) is 0 Å². The Morgan fingerprint density at radius 2 is 2.20 bits per heavy atom. The highest BCUT2D eigenvalue weighted by Gasteiger charge is 2.28. The van der Waals surface area contributed by atoms with Gasteiger partial charge in [-0.2, -0.15) is 0 Å². The molecule has 56 valence electrons. The fourth-order valence-electron chi connectivity index (χ4n) is 0.892. The van der Waals surface area contributed by atoms with Crippen LogP contribution in [0.3, 0.4) is 0 Å². The minimum atomic E-state index is -0.354. The van der Waals surface area contributed by atoms with Crippen LogP contribution in [0.1, 0.15) is 13.8 Å². The predicted molar refractivity (Wildman–Crippen MR) is 35.3 cm³/mol. The van der Waals surface area contributed by atoms with E-state index in [1.54, 1.807) is 0 Å². The standard InChI is InChI=1S/C7H10O3/c1-4-5(2)10-7(8)6(4)9-3/h5H,1-3H3. The van der Waals surface area contributed by atoms with Gasteiger partial charge < -0.3 is 9.47 Å². The van der Waals surface area contributed by atoms with Crippen LogP contribution in [0.2, 0.25) is 0 Å². The lowest BCUT2D eigenvalue weighted by Gasteiger charge is -1.99. The van der Waals surface area contributed by atoms with E-state index in [0.717, 1.165) is 5.57 Å². The van der Waals surface area contributed by atoms with Gasteiger partial charge in [-0.1, -0.05) is 0 Å². The van der Waals surface area contributed by atoms with Gasteiger partial charge in [0.15, 0.2) is 0 Å². The van der Waals surface area contributed by atoms with Crippen molar-refractivity contribution in [1.29, 1.82) is 0 Å². The van der Waals surface area contributed by atoms with E-state index < -0.39 is 0 Å². The third kappa shape index (κ3) is 0.875. The van der Waals surface area contributed by atoms with Crippen molar-refractivity contribution in [3.05, 3.63) is 11.3 Å². The number of carbonyl (C=O) groups excluding carboxylic acids is 1. The average molecular weight is 142 g/mol. The number of hydrogen-bond acceptors (Lipinski definition) is 3. The Morgan fingerprint density at radius 3 is 2.40 bits per heavy atom. The number of methoxy groups -OCH3 is 1. The first kappa shape index (κ1) is 7.12. The monoisotopic (exact) mass is 142 g/mol. The Morgan fingerprint density at radius 1 is 1.60 bits per heavy atom. The first-order valence-electron chi connectivity index (χ1n) is 3.12. The Hall–Kier alpha value is -0.990. The van der Waals surface area contributed by atoms with Crippen LogP contribution in [0.4, 0.5) is 0 Å². The van der Waals surface area contributed by atoms with E-state index in [-0.39, 0.29) is 12.1 Å². The minimum Gasteiger partial charge on any atom is -0.490 e. The zero-order valence-corrected chi connectivity index (χ0v) is 6.30. The van der Waals surface area contributed by atoms with Crippen LogP contribution in [0.5, 0.6) is 0 Å². The van der Waals surface area contributed by atoms with E-state index >= 15 is 0 Å². The van der Waals surface area contributed by atoms with Gasteiger partial charge in [-0.05, 0) is 13.8 Å². The SMILES string of the molecule is COC1=C(C)C(C)OC1=O. The van der Waals surface area contributed by atoms with Crippen LogP contribution in [-0.4, -0.2) is 19.2 Å². The van der Waals surface area contributed by atoms with Crippen molar-refractivity contribution in [3.63, 3.8) is 0 Å². The highest BCUT2D eigenvalue weighted by molar-refractivity contribution is 5.89. The Balaban J connectivity index is 2.90. The smallest absolute Gasteiger partial charge is 0.374 e. The predicted octanol–water partition coefficient (Wildman–Crippen LogP) is 0.852. The largest absolute Gasteiger partial charge is 0.490 e. The summed E-state index contributed by atoms with van der Waals surface area (Å²) < 4.78 is 9.65. The van der Waals surface area contributed by atoms with Gasteiger partial charge in [0.2, 0.25) is 5.76 Å². The molecule has 0 bridgehead atoms. The molecule has 1 aliphatic rings. The van der Waals surface area contributed by atoms with Crippen LogP contribution >= 0.6 is 0 Å². The molecule has 0 radical (unpaired) electrons. The molecule has 1 aliphatic heterocycles. The van der Waals surface area contributed by atoms with Crippen LogP contribution in [-0.2, 0) is 14.3 Å². The Kier molecular flexibility index (Phi) is 1.66. The highest BCUT2D eigenvalue weighted by atomic mass is 16.6. The molecular weight excluding hydrogens is 132 g/mol. The zero-order chi connectivity index (χ0) is 7.72. The summed E-state index contributed by atoms with van der Waals surface area (Å²) in [4.78, 5) is 10.8. The van der Waals surface area contributed by atoms with Gasteiger partial charge >= 0.3 is 5.97 Å². The third-order valence-electron chi connectivity index (χ3n) is 1.64. The van der Waals surface area contributed by atoms with Gasteiger partial charge in [-0.3, -0.25) is 0 Å². The molecule has 10 heavy (non-hydrogen) atoms. The second-order valence-corrected chi connectivity index (χ2v) is 2.26. The molecule has 0 saturated heterocycles. The van der Waals surface area contributed by atoms with Crippen molar-refractivity contribution in [1.82, 2.24) is 0 Å². The molecule has 0 aromatic rings. The summed E-state index contributed by atoms with van der Waals surface area (Å²) in [5.74, 6) is 0.000000000000000444. The van der Waals surface area contributed by atoms with Crippen LogP contribution in [0.25, 0.3) is 0 Å². The fourth-order valence-corrected chi connectivity index (χ4v) is 0.892. The van der Waals surface area contributed by atoms with E-state index in [1.165, 1.54) is 7.11 Å². The van der Waals surface area contributed by atoms with Crippen molar-refractivity contribution in [2.45, 2.75) is 20.0 Å². The Labute approximate surface area is 59.6 Å². The number of carbonyl (C=O) groups is 1. The van der Waals surface area contributed by atoms with Gasteiger partial charge in [0.05, 0.1) is 7.11 Å². The van der Waals surface area contributed by atoms with Gasteiger partial charge in [-0.15, -0.1) is 0 Å². The topological polar surface area (TPSA) is 35.5 Å². The van der Waals surface area contributed by atoms with E-state index in [1.807, 2.05) is 13.8 Å². The fraction of sp³-hybridized carbons (Fsp3) is 0.571. The zero-order valence-electron chi connectivity index (χ0n) is 6.30. The number of hydrogen-bond donors (Lipinski definition) is 0. The molecule has 0 aliphatic carbocycles. The maximum atomic E-state index is 10.8. The van der Waals surface area contributed by atoms with Crippen molar-refractivity contribution in [2.75, 3.05) is 7.11 Å². The first-order valence-corrected chi connectivity index (χ1v) is 3.12. The molecule has 0 aromatic heterocycles. The number of esters is 1. The molecule has 0 amide bonds. The van der Waals surface area contributed by atoms with E-state index in [0.29, 0.717) is 5.76 Å². The summed E-state index contributed by atoms with van der Waals surface area (Å²) in [5.41, 5.74) is 0.868. The molecule has 0 fully saturated rings. The van der Waals surface area contributed by atoms with Gasteiger partial charge in [0.1, 0.15) is 6.10 Å². The van der Waals surface area contributed by atoms with Crippen LogP contribution in [0, 0.1) is 0 Å². The lowest BCUT2D eigenvalue weighted by atomic mass is 10.2. The molecule has 3 heteroatoms. The molecule has 1 heterocycles. The van der Waals surface area contributed by atoms with E-state index in [2.05, 4.69) is 0 Å². The molecule has 0 spiro atoms. The normalized spacial score (nSPS) is 25.1. The molecule has 1 atom stereocenters. The van der Waals surface area contributed by atoms with Crippen LogP contribution in [0.15, 0.2) is 11.3 Å². The second-order valence-electron chi connectivity index (χ2n) is 2.26. The summed E-state index contributed by atoms with van der Waals surface area (Å²) in [5, 5.41) is 0. The maximum absolute atomic E-state index is 10.8. The molecule has 0 aromatic carbocycles. The summed E-state index contributed by atoms with van der Waals surface area (Å²) in [7, 11) is 1.47. The number of rotatable bonds is 1.